The summed E-state index contributed by atoms with van der Waals surface area (Å²) < 4.78 is 0. The van der Waals surface area contributed by atoms with E-state index in [9.17, 15) is 14.9 Å². The molecule has 0 spiro atoms. The van der Waals surface area contributed by atoms with Crippen LogP contribution in [-0.4, -0.2) is 23.9 Å². The summed E-state index contributed by atoms with van der Waals surface area (Å²) in [5, 5.41) is 16.5. The first kappa shape index (κ1) is 14.3. The van der Waals surface area contributed by atoms with Crippen molar-refractivity contribution < 1.29 is 9.72 Å². The zero-order chi connectivity index (χ0) is 14.4. The van der Waals surface area contributed by atoms with Gasteiger partial charge in [-0.1, -0.05) is 12.8 Å². The van der Waals surface area contributed by atoms with Gasteiger partial charge in [0.05, 0.1) is 4.92 Å². The molecule has 1 saturated carbocycles. The Balaban J connectivity index is 1.67. The van der Waals surface area contributed by atoms with E-state index in [4.69, 9.17) is 0 Å². The molecule has 1 aliphatic rings. The van der Waals surface area contributed by atoms with Gasteiger partial charge in [-0.2, -0.15) is 0 Å². The van der Waals surface area contributed by atoms with Gasteiger partial charge in [0.2, 0.25) is 5.91 Å². The minimum Gasteiger partial charge on any atom is -0.383 e. The van der Waals surface area contributed by atoms with Gasteiger partial charge in [0.15, 0.2) is 0 Å². The maximum Gasteiger partial charge on any atom is 0.269 e. The molecule has 1 aromatic carbocycles. The predicted molar refractivity (Wildman–Crippen MR) is 76.6 cm³/mol. The van der Waals surface area contributed by atoms with Crippen molar-refractivity contribution in [2.24, 2.45) is 5.92 Å². The number of nitrogens with one attached hydrogen (secondary N) is 2. The quantitative estimate of drug-likeness (QED) is 0.475. The van der Waals surface area contributed by atoms with Crippen molar-refractivity contribution in [3.8, 4) is 0 Å². The van der Waals surface area contributed by atoms with Crippen molar-refractivity contribution in [2.45, 2.75) is 25.7 Å². The van der Waals surface area contributed by atoms with E-state index in [1.54, 1.807) is 12.1 Å². The first-order valence-electron chi connectivity index (χ1n) is 6.93. The van der Waals surface area contributed by atoms with Gasteiger partial charge < -0.3 is 10.6 Å². The second-order valence-electron chi connectivity index (χ2n) is 5.00. The molecule has 0 atom stereocenters. The monoisotopic (exact) mass is 277 g/mol. The van der Waals surface area contributed by atoms with Crippen LogP contribution in [0.25, 0.3) is 0 Å². The number of anilines is 1. The van der Waals surface area contributed by atoms with Crippen LogP contribution in [0.5, 0.6) is 0 Å². The Morgan fingerprint density at radius 2 is 1.85 bits per heavy atom. The average Bonchev–Trinajstić information content (AvgIpc) is 2.98. The second kappa shape index (κ2) is 6.88. The highest BCUT2D eigenvalue weighted by atomic mass is 16.6. The SMILES string of the molecule is O=C(NCCNc1ccc([N+](=O)[O-])cc1)C1CCCC1. The number of nitro benzene ring substituents is 1. The molecule has 0 saturated heterocycles. The maximum atomic E-state index is 11.8. The molecule has 0 aromatic heterocycles. The fraction of sp³-hybridized carbons (Fsp3) is 0.500. The number of carbonyl (C=O) groups is 1. The van der Waals surface area contributed by atoms with Crippen molar-refractivity contribution in [1.29, 1.82) is 0 Å². The predicted octanol–water partition coefficient (Wildman–Crippen LogP) is 2.31. The lowest BCUT2D eigenvalue weighted by atomic mass is 10.1. The Kier molecular flexibility index (Phi) is 4.92. The number of rotatable bonds is 6. The molecule has 0 bridgehead atoms. The molecule has 0 heterocycles. The Labute approximate surface area is 117 Å². The fourth-order valence-corrected chi connectivity index (χ4v) is 2.43. The number of hydrogen-bond acceptors (Lipinski definition) is 4. The van der Waals surface area contributed by atoms with Gasteiger partial charge >= 0.3 is 0 Å². The Morgan fingerprint density at radius 3 is 2.45 bits per heavy atom. The molecule has 108 valence electrons. The molecule has 0 radical (unpaired) electrons. The summed E-state index contributed by atoms with van der Waals surface area (Å²) in [7, 11) is 0. The highest BCUT2D eigenvalue weighted by molar-refractivity contribution is 5.78. The summed E-state index contributed by atoms with van der Waals surface area (Å²) in [6.07, 6.45) is 4.31. The van der Waals surface area contributed by atoms with E-state index in [1.807, 2.05) is 0 Å². The van der Waals surface area contributed by atoms with Crippen molar-refractivity contribution >= 4 is 17.3 Å². The molecule has 0 unspecified atom stereocenters. The van der Waals surface area contributed by atoms with Gasteiger partial charge in [-0.15, -0.1) is 0 Å². The number of benzene rings is 1. The number of nitro groups is 1. The smallest absolute Gasteiger partial charge is 0.269 e. The van der Waals surface area contributed by atoms with Crippen LogP contribution < -0.4 is 10.6 Å². The van der Waals surface area contributed by atoms with Crippen LogP contribution in [0.4, 0.5) is 11.4 Å². The van der Waals surface area contributed by atoms with Crippen LogP contribution in [0.2, 0.25) is 0 Å². The van der Waals surface area contributed by atoms with Gasteiger partial charge in [0.25, 0.3) is 5.69 Å². The van der Waals surface area contributed by atoms with Gasteiger partial charge in [-0.05, 0) is 25.0 Å². The minimum absolute atomic E-state index is 0.0742. The lowest BCUT2D eigenvalue weighted by molar-refractivity contribution is -0.384. The maximum absolute atomic E-state index is 11.8. The number of hydrogen-bond donors (Lipinski definition) is 2. The summed E-state index contributed by atoms with van der Waals surface area (Å²) in [5.74, 6) is 0.336. The van der Waals surface area contributed by atoms with E-state index >= 15 is 0 Å². The molecular weight excluding hydrogens is 258 g/mol. The Morgan fingerprint density at radius 1 is 1.20 bits per heavy atom. The van der Waals surface area contributed by atoms with E-state index in [-0.39, 0.29) is 17.5 Å². The molecule has 6 nitrogen and oxygen atoms in total. The third-order valence-corrected chi connectivity index (χ3v) is 3.56. The van der Waals surface area contributed by atoms with Crippen molar-refractivity contribution in [3.05, 3.63) is 34.4 Å². The zero-order valence-electron chi connectivity index (χ0n) is 11.3. The average molecular weight is 277 g/mol. The van der Waals surface area contributed by atoms with E-state index in [2.05, 4.69) is 10.6 Å². The van der Waals surface area contributed by atoms with E-state index < -0.39 is 4.92 Å². The number of amides is 1. The summed E-state index contributed by atoms with van der Waals surface area (Å²) in [4.78, 5) is 21.8. The lowest BCUT2D eigenvalue weighted by Crippen LogP contribution is -2.33. The van der Waals surface area contributed by atoms with Gasteiger partial charge in [0, 0.05) is 36.8 Å². The third kappa shape index (κ3) is 3.94. The van der Waals surface area contributed by atoms with Gasteiger partial charge in [-0.25, -0.2) is 0 Å². The number of carbonyl (C=O) groups excluding carboxylic acids is 1. The molecule has 1 aliphatic carbocycles. The van der Waals surface area contributed by atoms with Crippen molar-refractivity contribution in [1.82, 2.24) is 5.32 Å². The molecular formula is C14H19N3O3. The molecule has 20 heavy (non-hydrogen) atoms. The second-order valence-corrected chi connectivity index (χ2v) is 5.00. The number of nitrogens with zero attached hydrogens (tertiary/aromatic N) is 1. The highest BCUT2D eigenvalue weighted by Crippen LogP contribution is 2.24. The standard InChI is InChI=1S/C14H19N3O3/c18-14(11-3-1-2-4-11)16-10-9-15-12-5-7-13(8-6-12)17(19)20/h5-8,11,15H,1-4,9-10H2,(H,16,18). The summed E-state index contributed by atoms with van der Waals surface area (Å²) >= 11 is 0. The molecule has 0 aliphatic heterocycles. The highest BCUT2D eigenvalue weighted by Gasteiger charge is 2.21. The van der Waals surface area contributed by atoms with Crippen LogP contribution in [0, 0.1) is 16.0 Å². The first-order chi connectivity index (χ1) is 9.66. The molecule has 2 N–H and O–H groups in total. The van der Waals surface area contributed by atoms with Crippen LogP contribution in [0.15, 0.2) is 24.3 Å². The van der Waals surface area contributed by atoms with E-state index in [1.165, 1.54) is 12.1 Å². The molecule has 2 rings (SSSR count). The normalized spacial score (nSPS) is 15.0. The third-order valence-electron chi connectivity index (χ3n) is 3.56. The lowest BCUT2D eigenvalue weighted by Gasteiger charge is -2.11. The molecule has 6 heteroatoms. The minimum atomic E-state index is -0.425. The summed E-state index contributed by atoms with van der Waals surface area (Å²) in [6, 6.07) is 6.24. The molecule has 1 aromatic rings. The van der Waals surface area contributed by atoms with Crippen molar-refractivity contribution in [2.75, 3.05) is 18.4 Å². The summed E-state index contributed by atoms with van der Waals surface area (Å²) in [6.45, 7) is 1.17. The van der Waals surface area contributed by atoms with Crippen LogP contribution in [-0.2, 0) is 4.79 Å². The van der Waals surface area contributed by atoms with Gasteiger partial charge in [0.1, 0.15) is 0 Å². The van der Waals surface area contributed by atoms with Crippen LogP contribution in [0.1, 0.15) is 25.7 Å². The largest absolute Gasteiger partial charge is 0.383 e. The van der Waals surface area contributed by atoms with E-state index in [0.29, 0.717) is 13.1 Å². The topological polar surface area (TPSA) is 84.3 Å². The van der Waals surface area contributed by atoms with E-state index in [0.717, 1.165) is 31.4 Å². The Bertz CT molecular complexity index is 467. The van der Waals surface area contributed by atoms with Crippen LogP contribution >= 0.6 is 0 Å². The molecule has 1 amide bonds. The van der Waals surface area contributed by atoms with Crippen LogP contribution in [0.3, 0.4) is 0 Å². The fourth-order valence-electron chi connectivity index (χ4n) is 2.43. The van der Waals surface area contributed by atoms with Gasteiger partial charge in [-0.3, -0.25) is 14.9 Å². The van der Waals surface area contributed by atoms with Crippen molar-refractivity contribution in [3.63, 3.8) is 0 Å². The summed E-state index contributed by atoms with van der Waals surface area (Å²) in [5.41, 5.74) is 0.885. The first-order valence-corrected chi connectivity index (χ1v) is 6.93. The Hall–Kier alpha value is -2.11. The zero-order valence-corrected chi connectivity index (χ0v) is 11.3. The molecule has 1 fully saturated rings. The number of non-ortho nitro benzene ring substituents is 1.